The third-order valence-electron chi connectivity index (χ3n) is 4.19. The molecule has 1 saturated heterocycles. The number of benzene rings is 1. The molecular formula is C17H20ClN3O2. The number of nitrogens with one attached hydrogen (secondary N) is 1. The second-order valence-electron chi connectivity index (χ2n) is 5.77. The largest absolute Gasteiger partial charge is 0.377 e. The Bertz CT molecular complexity index is 669. The van der Waals surface area contributed by atoms with Crippen molar-refractivity contribution in [2.75, 3.05) is 19.8 Å². The number of amides is 1. The van der Waals surface area contributed by atoms with Gasteiger partial charge in [0.05, 0.1) is 31.1 Å². The predicted octanol–water partition coefficient (Wildman–Crippen LogP) is 2.90. The molecule has 0 radical (unpaired) electrons. The fourth-order valence-electron chi connectivity index (χ4n) is 2.88. The quantitative estimate of drug-likeness (QED) is 0.936. The Morgan fingerprint density at radius 2 is 2.22 bits per heavy atom. The van der Waals surface area contributed by atoms with Gasteiger partial charge in [0, 0.05) is 18.0 Å². The van der Waals surface area contributed by atoms with Crippen LogP contribution in [0.1, 0.15) is 29.3 Å². The van der Waals surface area contributed by atoms with Gasteiger partial charge in [-0.3, -0.25) is 9.89 Å². The first-order valence-corrected chi connectivity index (χ1v) is 8.14. The van der Waals surface area contributed by atoms with E-state index >= 15 is 0 Å². The Hall–Kier alpha value is -1.85. The molecule has 2 heterocycles. The monoisotopic (exact) mass is 333 g/mol. The standard InChI is InChI=1S/C17H20ClN3O2/c1-12-10-19-20-17(12)15-11-23-9-8-21(15)16(22)7-4-13-2-5-14(18)6-3-13/h2-3,5-6,10,15H,4,7-9,11H2,1H3,(H,19,20)/t15-/m0/s1. The maximum atomic E-state index is 12.7. The third kappa shape index (κ3) is 3.74. The normalized spacial score (nSPS) is 18.2. The Morgan fingerprint density at radius 1 is 1.43 bits per heavy atom. The minimum atomic E-state index is -0.0797. The molecule has 6 heteroatoms. The Balaban J connectivity index is 1.66. The molecule has 1 atom stereocenters. The molecule has 0 unspecified atom stereocenters. The molecule has 1 N–H and O–H groups in total. The molecule has 23 heavy (non-hydrogen) atoms. The molecule has 1 aromatic carbocycles. The lowest BCUT2D eigenvalue weighted by molar-refractivity contribution is -0.140. The minimum absolute atomic E-state index is 0.0797. The van der Waals surface area contributed by atoms with E-state index in [4.69, 9.17) is 16.3 Å². The van der Waals surface area contributed by atoms with Crippen LogP contribution in [0.25, 0.3) is 0 Å². The zero-order valence-corrected chi connectivity index (χ0v) is 13.8. The molecular weight excluding hydrogens is 314 g/mol. The number of carbonyl (C=O) groups is 1. The number of hydrogen-bond acceptors (Lipinski definition) is 3. The number of halogens is 1. The maximum Gasteiger partial charge on any atom is 0.223 e. The molecule has 1 aromatic heterocycles. The first kappa shape index (κ1) is 16.0. The van der Waals surface area contributed by atoms with E-state index in [2.05, 4.69) is 10.2 Å². The highest BCUT2D eigenvalue weighted by Gasteiger charge is 2.30. The van der Waals surface area contributed by atoms with Crippen LogP contribution in [0.5, 0.6) is 0 Å². The van der Waals surface area contributed by atoms with E-state index in [1.54, 1.807) is 6.20 Å². The summed E-state index contributed by atoms with van der Waals surface area (Å²) in [6.45, 7) is 3.69. The van der Waals surface area contributed by atoms with E-state index in [-0.39, 0.29) is 11.9 Å². The van der Waals surface area contributed by atoms with Crippen LogP contribution in [0, 0.1) is 6.92 Å². The van der Waals surface area contributed by atoms with Gasteiger partial charge in [0.15, 0.2) is 0 Å². The van der Waals surface area contributed by atoms with Crippen molar-refractivity contribution >= 4 is 17.5 Å². The fourth-order valence-corrected chi connectivity index (χ4v) is 3.01. The van der Waals surface area contributed by atoms with E-state index in [0.717, 1.165) is 16.8 Å². The zero-order valence-electron chi connectivity index (χ0n) is 13.1. The van der Waals surface area contributed by atoms with E-state index in [9.17, 15) is 4.79 Å². The van der Waals surface area contributed by atoms with Crippen LogP contribution in [0.4, 0.5) is 0 Å². The summed E-state index contributed by atoms with van der Waals surface area (Å²) in [6.07, 6.45) is 2.97. The maximum absolute atomic E-state index is 12.7. The summed E-state index contributed by atoms with van der Waals surface area (Å²) >= 11 is 5.89. The van der Waals surface area contributed by atoms with Gasteiger partial charge in [0.1, 0.15) is 0 Å². The first-order valence-electron chi connectivity index (χ1n) is 7.76. The van der Waals surface area contributed by atoms with Crippen molar-refractivity contribution in [2.24, 2.45) is 0 Å². The van der Waals surface area contributed by atoms with Crippen molar-refractivity contribution in [1.29, 1.82) is 0 Å². The summed E-state index contributed by atoms with van der Waals surface area (Å²) in [6, 6.07) is 7.56. The number of ether oxygens (including phenoxy) is 1. The van der Waals surface area contributed by atoms with Gasteiger partial charge in [-0.25, -0.2) is 0 Å². The molecule has 1 aliphatic heterocycles. The number of aryl methyl sites for hydroxylation is 2. The molecule has 0 aliphatic carbocycles. The molecule has 5 nitrogen and oxygen atoms in total. The van der Waals surface area contributed by atoms with Crippen molar-refractivity contribution in [1.82, 2.24) is 15.1 Å². The predicted molar refractivity (Wildman–Crippen MR) is 88.4 cm³/mol. The second-order valence-corrected chi connectivity index (χ2v) is 6.21. The molecule has 0 saturated carbocycles. The van der Waals surface area contributed by atoms with Crippen molar-refractivity contribution in [3.63, 3.8) is 0 Å². The molecule has 0 bridgehead atoms. The van der Waals surface area contributed by atoms with Gasteiger partial charge in [0.2, 0.25) is 5.91 Å². The lowest BCUT2D eigenvalue weighted by atomic mass is 10.1. The second kappa shape index (κ2) is 7.15. The smallest absolute Gasteiger partial charge is 0.223 e. The van der Waals surface area contributed by atoms with E-state index < -0.39 is 0 Å². The van der Waals surface area contributed by atoms with Gasteiger partial charge >= 0.3 is 0 Å². The summed E-state index contributed by atoms with van der Waals surface area (Å²) in [5.41, 5.74) is 3.13. The SMILES string of the molecule is Cc1cn[nH]c1[C@@H]1COCCN1C(=O)CCc1ccc(Cl)cc1. The number of hydrogen-bond donors (Lipinski definition) is 1. The third-order valence-corrected chi connectivity index (χ3v) is 4.44. The van der Waals surface area contributed by atoms with Crippen molar-refractivity contribution in [2.45, 2.75) is 25.8 Å². The van der Waals surface area contributed by atoms with E-state index in [1.165, 1.54) is 0 Å². The van der Waals surface area contributed by atoms with Crippen LogP contribution in [-0.2, 0) is 16.0 Å². The average molecular weight is 334 g/mol. The van der Waals surface area contributed by atoms with E-state index in [1.807, 2.05) is 36.1 Å². The van der Waals surface area contributed by atoms with Gasteiger partial charge in [-0.05, 0) is 36.6 Å². The van der Waals surface area contributed by atoms with Crippen LogP contribution in [-0.4, -0.2) is 40.8 Å². The summed E-state index contributed by atoms with van der Waals surface area (Å²) in [7, 11) is 0. The van der Waals surface area contributed by atoms with Crippen LogP contribution in [0.2, 0.25) is 5.02 Å². The van der Waals surface area contributed by atoms with Gasteiger partial charge in [0.25, 0.3) is 0 Å². The van der Waals surface area contributed by atoms with Crippen molar-refractivity contribution < 1.29 is 9.53 Å². The molecule has 3 rings (SSSR count). The van der Waals surface area contributed by atoms with Gasteiger partial charge in [-0.15, -0.1) is 0 Å². The number of aromatic nitrogens is 2. The fraction of sp³-hybridized carbons (Fsp3) is 0.412. The topological polar surface area (TPSA) is 58.2 Å². The first-order chi connectivity index (χ1) is 11.1. The molecule has 1 aliphatic rings. The lowest BCUT2D eigenvalue weighted by Gasteiger charge is -2.35. The Morgan fingerprint density at radius 3 is 2.91 bits per heavy atom. The summed E-state index contributed by atoms with van der Waals surface area (Å²) in [4.78, 5) is 14.6. The summed E-state index contributed by atoms with van der Waals surface area (Å²) < 4.78 is 5.56. The zero-order chi connectivity index (χ0) is 16.2. The number of morpholine rings is 1. The Labute approximate surface area is 140 Å². The van der Waals surface area contributed by atoms with Crippen molar-refractivity contribution in [3.8, 4) is 0 Å². The summed E-state index contributed by atoms with van der Waals surface area (Å²) in [5.74, 6) is 0.141. The number of nitrogens with zero attached hydrogens (tertiary/aromatic N) is 2. The molecule has 0 spiro atoms. The highest BCUT2D eigenvalue weighted by atomic mass is 35.5. The molecule has 122 valence electrons. The minimum Gasteiger partial charge on any atom is -0.377 e. The van der Waals surface area contributed by atoms with Crippen LogP contribution >= 0.6 is 11.6 Å². The molecule has 1 amide bonds. The van der Waals surface area contributed by atoms with Crippen LogP contribution in [0.15, 0.2) is 30.5 Å². The number of H-pyrrole nitrogens is 1. The lowest BCUT2D eigenvalue weighted by Crippen LogP contribution is -2.43. The highest BCUT2D eigenvalue weighted by molar-refractivity contribution is 6.30. The van der Waals surface area contributed by atoms with Gasteiger partial charge < -0.3 is 9.64 Å². The highest BCUT2D eigenvalue weighted by Crippen LogP contribution is 2.26. The van der Waals surface area contributed by atoms with Crippen LogP contribution in [0.3, 0.4) is 0 Å². The van der Waals surface area contributed by atoms with Crippen molar-refractivity contribution in [3.05, 3.63) is 52.3 Å². The van der Waals surface area contributed by atoms with Gasteiger partial charge in [-0.2, -0.15) is 5.10 Å². The number of rotatable bonds is 4. The average Bonchev–Trinajstić information content (AvgIpc) is 3.00. The number of carbonyl (C=O) groups excluding carboxylic acids is 1. The van der Waals surface area contributed by atoms with E-state index in [0.29, 0.717) is 37.6 Å². The van der Waals surface area contributed by atoms with Crippen LogP contribution < -0.4 is 0 Å². The molecule has 1 fully saturated rings. The molecule has 2 aromatic rings. The number of aromatic amines is 1. The summed E-state index contributed by atoms with van der Waals surface area (Å²) in [5, 5.41) is 7.77. The Kier molecular flexibility index (Phi) is 4.98. The van der Waals surface area contributed by atoms with Gasteiger partial charge in [-0.1, -0.05) is 23.7 Å².